The van der Waals surface area contributed by atoms with Crippen LogP contribution in [0.2, 0.25) is 0 Å². The van der Waals surface area contributed by atoms with Gasteiger partial charge in [0.25, 0.3) is 0 Å². The molecule has 6 rings (SSSR count). The summed E-state index contributed by atoms with van der Waals surface area (Å²) in [6, 6.07) is 9.35. The number of hydrogen-bond acceptors (Lipinski definition) is 6. The third kappa shape index (κ3) is 3.52. The Bertz CT molecular complexity index is 1010. The highest BCUT2D eigenvalue weighted by molar-refractivity contribution is 7.11. The summed E-state index contributed by atoms with van der Waals surface area (Å²) in [6.45, 7) is -0.528. The van der Waals surface area contributed by atoms with Crippen molar-refractivity contribution in [3.63, 3.8) is 0 Å². The molecule has 0 atom stereocenters. The Morgan fingerprint density at radius 3 is 2.53 bits per heavy atom. The SMILES string of the molecule is N#C/C(=C\c1ccccc1OCC(=O)[O-])c1nc(C23CC4CC(CC(C4)C2)C3)cs1. The number of thiazole rings is 1. The fourth-order valence-electron chi connectivity index (χ4n) is 6.23. The van der Waals surface area contributed by atoms with Gasteiger partial charge in [0.15, 0.2) is 0 Å². The van der Waals surface area contributed by atoms with Gasteiger partial charge in [-0.2, -0.15) is 5.26 Å². The largest absolute Gasteiger partial charge is 0.546 e. The fraction of sp³-hybridized carbons (Fsp3) is 0.458. The number of benzene rings is 1. The molecule has 0 N–H and O–H groups in total. The van der Waals surface area contributed by atoms with Crippen LogP contribution < -0.4 is 9.84 Å². The first kappa shape index (κ1) is 19.3. The molecular weight excluding hydrogens is 396 g/mol. The summed E-state index contributed by atoms with van der Waals surface area (Å²) in [7, 11) is 0. The molecule has 1 aromatic carbocycles. The van der Waals surface area contributed by atoms with Crippen molar-refractivity contribution in [2.24, 2.45) is 17.8 Å². The Hall–Kier alpha value is -2.65. The van der Waals surface area contributed by atoms with E-state index in [1.807, 2.05) is 6.07 Å². The van der Waals surface area contributed by atoms with Gasteiger partial charge < -0.3 is 14.6 Å². The molecule has 1 aromatic heterocycles. The number of carboxylic acids is 1. The number of carbonyl (C=O) groups is 1. The second-order valence-electron chi connectivity index (χ2n) is 9.10. The first-order chi connectivity index (χ1) is 14.5. The number of rotatable bonds is 6. The number of aromatic nitrogens is 1. The van der Waals surface area contributed by atoms with Gasteiger partial charge in [-0.1, -0.05) is 18.2 Å². The summed E-state index contributed by atoms with van der Waals surface area (Å²) in [4.78, 5) is 15.7. The summed E-state index contributed by atoms with van der Waals surface area (Å²) in [5.74, 6) is 1.67. The molecule has 5 nitrogen and oxygen atoms in total. The average Bonchev–Trinajstić information content (AvgIpc) is 3.21. The summed E-state index contributed by atoms with van der Waals surface area (Å²) in [5, 5.41) is 23.4. The zero-order valence-corrected chi connectivity index (χ0v) is 17.5. The van der Waals surface area contributed by atoms with Crippen LogP contribution in [0.3, 0.4) is 0 Å². The summed E-state index contributed by atoms with van der Waals surface area (Å²) in [6.07, 6.45) is 9.63. The first-order valence-electron chi connectivity index (χ1n) is 10.5. The Labute approximate surface area is 180 Å². The molecule has 0 unspecified atom stereocenters. The molecule has 6 heteroatoms. The van der Waals surface area contributed by atoms with Gasteiger partial charge in [0, 0.05) is 16.4 Å². The topological polar surface area (TPSA) is 86.0 Å². The van der Waals surface area contributed by atoms with Crippen molar-refractivity contribution in [3.8, 4) is 11.8 Å². The van der Waals surface area contributed by atoms with E-state index in [1.165, 1.54) is 55.6 Å². The van der Waals surface area contributed by atoms with E-state index < -0.39 is 12.6 Å². The molecule has 2 aromatic rings. The lowest BCUT2D eigenvalue weighted by molar-refractivity contribution is -0.307. The maximum atomic E-state index is 10.7. The van der Waals surface area contributed by atoms with E-state index in [4.69, 9.17) is 9.72 Å². The van der Waals surface area contributed by atoms with Crippen molar-refractivity contribution in [2.45, 2.75) is 43.9 Å². The standard InChI is InChI=1S/C24H24N2O3S/c25-12-19(8-18-3-1-2-4-20(18)29-13-22(27)28)23-26-21(14-30-23)24-9-15-5-16(10-24)7-17(6-15)11-24/h1-4,8,14-17H,5-7,9-11,13H2,(H,27,28)/p-1/b19-8+. The molecule has 154 valence electrons. The smallest absolute Gasteiger partial charge is 0.134 e. The molecule has 4 aliphatic rings. The van der Waals surface area contributed by atoms with Crippen molar-refractivity contribution in [2.75, 3.05) is 6.61 Å². The highest BCUT2D eigenvalue weighted by Crippen LogP contribution is 2.60. The van der Waals surface area contributed by atoms with E-state index in [2.05, 4.69) is 11.4 Å². The lowest BCUT2D eigenvalue weighted by Gasteiger charge is -2.56. The summed E-state index contributed by atoms with van der Waals surface area (Å²) in [5.41, 5.74) is 2.51. The highest BCUT2D eigenvalue weighted by atomic mass is 32.1. The van der Waals surface area contributed by atoms with E-state index in [0.29, 0.717) is 16.9 Å². The van der Waals surface area contributed by atoms with Crippen LogP contribution in [-0.2, 0) is 10.2 Å². The molecule has 30 heavy (non-hydrogen) atoms. The van der Waals surface area contributed by atoms with Gasteiger partial charge >= 0.3 is 0 Å². The predicted octanol–water partition coefficient (Wildman–Crippen LogP) is 3.80. The number of ether oxygens (including phenoxy) is 1. The normalized spacial score (nSPS) is 29.6. The number of hydrogen-bond donors (Lipinski definition) is 0. The molecule has 4 bridgehead atoms. The van der Waals surface area contributed by atoms with E-state index in [1.54, 1.807) is 24.3 Å². The van der Waals surface area contributed by atoms with Gasteiger partial charge in [0.1, 0.15) is 23.4 Å². The van der Waals surface area contributed by atoms with Gasteiger partial charge in [0.2, 0.25) is 0 Å². The first-order valence-corrected chi connectivity index (χ1v) is 11.4. The van der Waals surface area contributed by atoms with Crippen LogP contribution in [0, 0.1) is 29.1 Å². The third-order valence-corrected chi connectivity index (χ3v) is 7.88. The second kappa shape index (κ2) is 7.55. The number of allylic oxidation sites excluding steroid dienone is 1. The molecule has 1 heterocycles. The van der Waals surface area contributed by atoms with E-state index >= 15 is 0 Å². The monoisotopic (exact) mass is 419 g/mol. The lowest BCUT2D eigenvalue weighted by Crippen LogP contribution is -2.48. The van der Waals surface area contributed by atoms with Gasteiger partial charge in [-0.05, 0) is 68.4 Å². The second-order valence-corrected chi connectivity index (χ2v) is 9.96. The number of para-hydroxylation sites is 1. The maximum Gasteiger partial charge on any atom is 0.134 e. The van der Waals surface area contributed by atoms with E-state index in [-0.39, 0.29) is 5.41 Å². The van der Waals surface area contributed by atoms with Gasteiger partial charge in [0.05, 0.1) is 17.2 Å². The summed E-state index contributed by atoms with van der Waals surface area (Å²) < 4.78 is 5.32. The molecule has 0 amide bonds. The quantitative estimate of drug-likeness (QED) is 0.665. The van der Waals surface area contributed by atoms with Crippen LogP contribution in [0.15, 0.2) is 29.6 Å². The van der Waals surface area contributed by atoms with Crippen LogP contribution in [0.25, 0.3) is 11.6 Å². The third-order valence-electron chi connectivity index (χ3n) is 7.00. The zero-order valence-electron chi connectivity index (χ0n) is 16.7. The zero-order chi connectivity index (χ0) is 20.7. The number of nitrogens with zero attached hydrogens (tertiary/aromatic N) is 2. The van der Waals surface area contributed by atoms with Crippen LogP contribution in [0.5, 0.6) is 5.75 Å². The summed E-state index contributed by atoms with van der Waals surface area (Å²) >= 11 is 1.53. The van der Waals surface area contributed by atoms with Gasteiger partial charge in [-0.3, -0.25) is 0 Å². The Morgan fingerprint density at radius 1 is 1.23 bits per heavy atom. The fourth-order valence-corrected chi connectivity index (χ4v) is 7.14. The molecule has 4 fully saturated rings. The van der Waals surface area contributed by atoms with Crippen molar-refractivity contribution < 1.29 is 14.6 Å². The van der Waals surface area contributed by atoms with Gasteiger partial charge in [-0.15, -0.1) is 11.3 Å². The lowest BCUT2D eigenvalue weighted by atomic mass is 9.49. The van der Waals surface area contributed by atoms with Crippen molar-refractivity contribution in [1.82, 2.24) is 4.98 Å². The molecule has 4 saturated carbocycles. The maximum absolute atomic E-state index is 10.7. The molecule has 0 aliphatic heterocycles. The van der Waals surface area contributed by atoms with E-state index in [9.17, 15) is 15.2 Å². The number of carboxylic acid groups (broad SMARTS) is 1. The Balaban J connectivity index is 1.43. The molecular formula is C24H23N2O3S-. The number of carbonyl (C=O) groups excluding carboxylic acids is 1. The van der Waals surface area contributed by atoms with Crippen LogP contribution >= 0.6 is 11.3 Å². The Morgan fingerprint density at radius 2 is 1.90 bits per heavy atom. The van der Waals surface area contributed by atoms with Gasteiger partial charge in [-0.25, -0.2) is 4.98 Å². The molecule has 0 spiro atoms. The van der Waals surface area contributed by atoms with Crippen molar-refractivity contribution in [1.29, 1.82) is 5.26 Å². The number of nitriles is 1. The minimum atomic E-state index is -1.28. The van der Waals surface area contributed by atoms with E-state index in [0.717, 1.165) is 22.8 Å². The predicted molar refractivity (Wildman–Crippen MR) is 112 cm³/mol. The average molecular weight is 420 g/mol. The Kier molecular flexibility index (Phi) is 4.86. The van der Waals surface area contributed by atoms with Crippen LogP contribution in [-0.4, -0.2) is 17.6 Å². The molecule has 4 aliphatic carbocycles. The molecule has 0 radical (unpaired) electrons. The number of aliphatic carboxylic acids is 1. The minimum absolute atomic E-state index is 0.208. The van der Waals surface area contributed by atoms with Crippen LogP contribution in [0.4, 0.5) is 0 Å². The van der Waals surface area contributed by atoms with Crippen LogP contribution in [0.1, 0.15) is 54.8 Å². The van der Waals surface area contributed by atoms with Crippen molar-refractivity contribution >= 4 is 29.0 Å². The molecule has 0 saturated heterocycles. The van der Waals surface area contributed by atoms with Crippen molar-refractivity contribution in [3.05, 3.63) is 45.9 Å². The minimum Gasteiger partial charge on any atom is -0.546 e. The highest BCUT2D eigenvalue weighted by Gasteiger charge is 2.52.